The third-order valence-electron chi connectivity index (χ3n) is 4.40. The Bertz CT molecular complexity index is 888. The summed E-state index contributed by atoms with van der Waals surface area (Å²) in [4.78, 5) is 19.2. The second-order valence-electron chi connectivity index (χ2n) is 6.28. The number of rotatable bonds is 4. The Balaban J connectivity index is 1.81. The van der Waals surface area contributed by atoms with Crippen LogP contribution in [-0.2, 0) is 6.54 Å². The van der Waals surface area contributed by atoms with Gasteiger partial charge in [-0.25, -0.2) is 0 Å². The van der Waals surface area contributed by atoms with Crippen LogP contribution in [0.4, 0.5) is 0 Å². The highest BCUT2D eigenvalue weighted by Gasteiger charge is 2.16. The van der Waals surface area contributed by atoms with Gasteiger partial charge in [-0.1, -0.05) is 54.6 Å². The van der Waals surface area contributed by atoms with Crippen LogP contribution < -0.4 is 0 Å². The largest absolute Gasteiger partial charge is 0.337 e. The maximum absolute atomic E-state index is 12.8. The first-order valence-electron chi connectivity index (χ1n) is 8.39. The Hall–Kier alpha value is -2.94. The lowest BCUT2D eigenvalue weighted by molar-refractivity contribution is 0.0783. The highest BCUT2D eigenvalue weighted by atomic mass is 16.2. The molecule has 0 aliphatic carbocycles. The summed E-state index contributed by atoms with van der Waals surface area (Å²) in [6.07, 6.45) is 0. The van der Waals surface area contributed by atoms with E-state index in [-0.39, 0.29) is 5.91 Å². The van der Waals surface area contributed by atoms with E-state index in [9.17, 15) is 4.79 Å². The molecule has 0 fully saturated rings. The van der Waals surface area contributed by atoms with E-state index in [1.807, 2.05) is 68.6 Å². The summed E-state index contributed by atoms with van der Waals surface area (Å²) in [7, 11) is 1.83. The molecular formula is C22H22N2O. The van der Waals surface area contributed by atoms with Crippen LogP contribution in [0.2, 0.25) is 0 Å². The third-order valence-corrected chi connectivity index (χ3v) is 4.40. The monoisotopic (exact) mass is 330 g/mol. The number of hydrogen-bond donors (Lipinski definition) is 0. The van der Waals surface area contributed by atoms with Crippen LogP contribution in [0, 0.1) is 13.8 Å². The second kappa shape index (κ2) is 7.31. The van der Waals surface area contributed by atoms with Crippen molar-refractivity contribution in [2.24, 2.45) is 0 Å². The van der Waals surface area contributed by atoms with Crippen LogP contribution in [0.3, 0.4) is 0 Å². The zero-order chi connectivity index (χ0) is 17.8. The van der Waals surface area contributed by atoms with Crippen molar-refractivity contribution in [3.63, 3.8) is 0 Å². The minimum absolute atomic E-state index is 0.00661. The van der Waals surface area contributed by atoms with E-state index in [0.717, 1.165) is 22.5 Å². The molecule has 1 aromatic heterocycles. The fourth-order valence-electron chi connectivity index (χ4n) is 2.88. The summed E-state index contributed by atoms with van der Waals surface area (Å²) in [5.74, 6) is -0.00661. The van der Waals surface area contributed by atoms with Gasteiger partial charge in [-0.05, 0) is 37.1 Å². The first-order chi connectivity index (χ1) is 12.1. The van der Waals surface area contributed by atoms with E-state index in [2.05, 4.69) is 24.0 Å². The van der Waals surface area contributed by atoms with Crippen LogP contribution in [-0.4, -0.2) is 22.8 Å². The molecule has 0 saturated heterocycles. The molecule has 3 aromatic rings. The molecule has 0 bridgehead atoms. The van der Waals surface area contributed by atoms with Crippen molar-refractivity contribution in [1.82, 2.24) is 9.88 Å². The Morgan fingerprint density at radius 2 is 1.60 bits per heavy atom. The van der Waals surface area contributed by atoms with E-state index >= 15 is 0 Å². The smallest absolute Gasteiger partial charge is 0.255 e. The predicted molar refractivity (Wildman–Crippen MR) is 101 cm³/mol. The van der Waals surface area contributed by atoms with Crippen LogP contribution >= 0.6 is 0 Å². The summed E-state index contributed by atoms with van der Waals surface area (Å²) in [6.45, 7) is 4.54. The molecule has 0 unspecified atom stereocenters. The summed E-state index contributed by atoms with van der Waals surface area (Å²) in [5.41, 5.74) is 5.69. The Labute approximate surface area is 149 Å². The molecule has 0 spiro atoms. The van der Waals surface area contributed by atoms with Gasteiger partial charge in [-0.2, -0.15) is 0 Å². The maximum Gasteiger partial charge on any atom is 0.255 e. The summed E-state index contributed by atoms with van der Waals surface area (Å²) in [5, 5.41) is 0. The molecule has 126 valence electrons. The number of carbonyl (C=O) groups excluding carboxylic acids is 1. The van der Waals surface area contributed by atoms with Crippen molar-refractivity contribution >= 4 is 5.91 Å². The zero-order valence-electron chi connectivity index (χ0n) is 14.9. The number of amides is 1. The van der Waals surface area contributed by atoms with Crippen molar-refractivity contribution in [1.29, 1.82) is 0 Å². The van der Waals surface area contributed by atoms with Crippen LogP contribution in [0.15, 0.2) is 66.7 Å². The molecular weight excluding hydrogens is 308 g/mol. The van der Waals surface area contributed by atoms with E-state index in [1.54, 1.807) is 4.90 Å². The fraction of sp³-hybridized carbons (Fsp3) is 0.182. The highest BCUT2D eigenvalue weighted by Crippen LogP contribution is 2.20. The number of hydrogen-bond acceptors (Lipinski definition) is 2. The molecule has 3 heteroatoms. The molecule has 3 rings (SSSR count). The molecule has 2 aromatic carbocycles. The van der Waals surface area contributed by atoms with Crippen molar-refractivity contribution in [2.45, 2.75) is 20.4 Å². The Morgan fingerprint density at radius 3 is 2.28 bits per heavy atom. The Morgan fingerprint density at radius 1 is 0.920 bits per heavy atom. The van der Waals surface area contributed by atoms with Gasteiger partial charge >= 0.3 is 0 Å². The topological polar surface area (TPSA) is 33.2 Å². The number of pyridine rings is 1. The number of benzene rings is 2. The predicted octanol–water partition coefficient (Wildman–Crippen LogP) is 4.64. The third kappa shape index (κ3) is 3.77. The van der Waals surface area contributed by atoms with Crippen LogP contribution in [0.25, 0.3) is 11.3 Å². The fourth-order valence-corrected chi connectivity index (χ4v) is 2.88. The SMILES string of the molecule is Cc1ccccc1CN(C)C(=O)c1ccc(-c2ccccc2)nc1C. The molecule has 25 heavy (non-hydrogen) atoms. The lowest BCUT2D eigenvalue weighted by Crippen LogP contribution is -2.27. The van der Waals surface area contributed by atoms with Gasteiger partial charge in [0.1, 0.15) is 0 Å². The standard InChI is InChI=1S/C22H22N2O/c1-16-9-7-8-12-19(16)15-24(3)22(25)20-13-14-21(23-17(20)2)18-10-5-4-6-11-18/h4-14H,15H2,1-3H3. The molecule has 3 nitrogen and oxygen atoms in total. The molecule has 1 heterocycles. The van der Waals surface area contributed by atoms with E-state index in [1.165, 1.54) is 5.56 Å². The van der Waals surface area contributed by atoms with Crippen molar-refractivity contribution in [2.75, 3.05) is 7.05 Å². The van der Waals surface area contributed by atoms with Gasteiger partial charge < -0.3 is 4.90 Å². The molecule has 0 atom stereocenters. The molecule has 0 aliphatic heterocycles. The molecule has 0 N–H and O–H groups in total. The van der Waals surface area contributed by atoms with Gasteiger partial charge in [-0.15, -0.1) is 0 Å². The van der Waals surface area contributed by atoms with Crippen LogP contribution in [0.5, 0.6) is 0 Å². The van der Waals surface area contributed by atoms with Crippen molar-refractivity contribution in [3.8, 4) is 11.3 Å². The molecule has 1 amide bonds. The van der Waals surface area contributed by atoms with Crippen molar-refractivity contribution in [3.05, 3.63) is 89.1 Å². The van der Waals surface area contributed by atoms with Gasteiger partial charge in [0, 0.05) is 19.2 Å². The summed E-state index contributed by atoms with van der Waals surface area (Å²) >= 11 is 0. The normalized spacial score (nSPS) is 10.5. The van der Waals surface area contributed by atoms with Crippen LogP contribution in [0.1, 0.15) is 27.2 Å². The van der Waals surface area contributed by atoms with E-state index in [0.29, 0.717) is 12.1 Å². The summed E-state index contributed by atoms with van der Waals surface area (Å²) in [6, 6.07) is 21.9. The lowest BCUT2D eigenvalue weighted by Gasteiger charge is -2.19. The molecule has 0 saturated carbocycles. The van der Waals surface area contributed by atoms with Gasteiger partial charge in [0.05, 0.1) is 17.0 Å². The number of carbonyl (C=O) groups is 1. The molecule has 0 radical (unpaired) electrons. The average molecular weight is 330 g/mol. The average Bonchev–Trinajstić information content (AvgIpc) is 2.63. The minimum atomic E-state index is -0.00661. The number of nitrogens with zero attached hydrogens (tertiary/aromatic N) is 2. The first kappa shape index (κ1) is 16.9. The lowest BCUT2D eigenvalue weighted by atomic mass is 10.1. The number of aromatic nitrogens is 1. The quantitative estimate of drug-likeness (QED) is 0.698. The number of aryl methyl sites for hydroxylation is 2. The highest BCUT2D eigenvalue weighted by molar-refractivity contribution is 5.95. The maximum atomic E-state index is 12.8. The van der Waals surface area contributed by atoms with E-state index in [4.69, 9.17) is 0 Å². The van der Waals surface area contributed by atoms with Gasteiger partial charge in [-0.3, -0.25) is 9.78 Å². The summed E-state index contributed by atoms with van der Waals surface area (Å²) < 4.78 is 0. The molecule has 0 aliphatic rings. The van der Waals surface area contributed by atoms with E-state index < -0.39 is 0 Å². The van der Waals surface area contributed by atoms with Crippen molar-refractivity contribution < 1.29 is 4.79 Å². The van der Waals surface area contributed by atoms with Gasteiger partial charge in [0.2, 0.25) is 0 Å². The van der Waals surface area contributed by atoms with Gasteiger partial charge in [0.15, 0.2) is 0 Å². The first-order valence-corrected chi connectivity index (χ1v) is 8.39. The minimum Gasteiger partial charge on any atom is -0.337 e. The Kier molecular flexibility index (Phi) is 4.94. The second-order valence-corrected chi connectivity index (χ2v) is 6.28. The van der Waals surface area contributed by atoms with Gasteiger partial charge in [0.25, 0.3) is 5.91 Å². The zero-order valence-corrected chi connectivity index (χ0v) is 14.9.